The number of hydrogen-bond acceptors (Lipinski definition) is 5. The summed E-state index contributed by atoms with van der Waals surface area (Å²) in [6.07, 6.45) is 4.13. The number of hydrogen-bond donors (Lipinski definition) is 2. The summed E-state index contributed by atoms with van der Waals surface area (Å²) in [5.41, 5.74) is 1.31. The van der Waals surface area contributed by atoms with E-state index in [4.69, 9.17) is 0 Å². The van der Waals surface area contributed by atoms with Gasteiger partial charge in [-0.2, -0.15) is 0 Å². The van der Waals surface area contributed by atoms with Crippen LogP contribution in [0, 0.1) is 5.92 Å². The molecular weight excluding hydrogens is 252 g/mol. The van der Waals surface area contributed by atoms with Crippen LogP contribution in [0.2, 0.25) is 0 Å². The van der Waals surface area contributed by atoms with Gasteiger partial charge in [0.1, 0.15) is 5.52 Å². The first-order valence-electron chi connectivity index (χ1n) is 7.19. The van der Waals surface area contributed by atoms with Crippen LogP contribution in [-0.4, -0.2) is 32.4 Å². The molecule has 3 rings (SSSR count). The second kappa shape index (κ2) is 5.32. The minimum Gasteiger partial charge on any atom is -0.394 e. The molecule has 1 fully saturated rings. The molecule has 1 aliphatic rings. The van der Waals surface area contributed by atoms with Crippen LogP contribution in [0.3, 0.4) is 0 Å². The Bertz CT molecular complexity index is 593. The maximum atomic E-state index is 9.76. The largest absolute Gasteiger partial charge is 0.394 e. The lowest BCUT2D eigenvalue weighted by molar-refractivity contribution is 0.154. The number of para-hydroxylation sites is 1. The van der Waals surface area contributed by atoms with E-state index in [2.05, 4.69) is 27.4 Å². The predicted octanol–water partition coefficient (Wildman–Crippen LogP) is 2.38. The van der Waals surface area contributed by atoms with Crippen molar-refractivity contribution in [1.29, 1.82) is 0 Å². The Morgan fingerprint density at radius 3 is 2.60 bits per heavy atom. The van der Waals surface area contributed by atoms with Crippen LogP contribution < -0.4 is 5.32 Å². The molecule has 1 aromatic carbocycles. The number of aliphatic hydroxyl groups excluding tert-OH is 1. The molecule has 0 bridgehead atoms. The van der Waals surface area contributed by atoms with Crippen molar-refractivity contribution in [2.24, 2.45) is 5.92 Å². The zero-order chi connectivity index (χ0) is 14.0. The quantitative estimate of drug-likeness (QED) is 0.897. The van der Waals surface area contributed by atoms with Crippen molar-refractivity contribution in [2.75, 3.05) is 11.9 Å². The van der Waals surface area contributed by atoms with Gasteiger partial charge in [-0.05, 0) is 43.7 Å². The molecule has 0 saturated heterocycles. The molecule has 0 atom stereocenters. The predicted molar refractivity (Wildman–Crippen MR) is 78.4 cm³/mol. The van der Waals surface area contributed by atoms with E-state index >= 15 is 0 Å². The van der Waals surface area contributed by atoms with Crippen LogP contribution in [0.15, 0.2) is 24.3 Å². The summed E-state index contributed by atoms with van der Waals surface area (Å²) in [6, 6.07) is 7.67. The summed E-state index contributed by atoms with van der Waals surface area (Å²) in [4.78, 5) is 4.49. The fourth-order valence-corrected chi connectivity index (χ4v) is 2.81. The molecular formula is C15H20N4O. The highest BCUT2D eigenvalue weighted by Gasteiger charge is 2.34. The van der Waals surface area contributed by atoms with Crippen molar-refractivity contribution in [3.05, 3.63) is 24.3 Å². The maximum absolute atomic E-state index is 9.76. The van der Waals surface area contributed by atoms with Crippen molar-refractivity contribution in [3.63, 3.8) is 0 Å². The minimum absolute atomic E-state index is 0.107. The molecule has 0 aliphatic heterocycles. The Labute approximate surface area is 118 Å². The number of aliphatic hydroxyl groups is 1. The molecule has 5 nitrogen and oxygen atoms in total. The zero-order valence-corrected chi connectivity index (χ0v) is 11.7. The Kier molecular flexibility index (Phi) is 3.53. The molecule has 20 heavy (non-hydrogen) atoms. The lowest BCUT2D eigenvalue weighted by Gasteiger charge is -2.38. The number of aromatic nitrogens is 3. The SMILES string of the molecule is CC1CCC(CO)(Nc2nnc3ccccc3n2)CC1. The second-order valence-corrected chi connectivity index (χ2v) is 5.87. The molecule has 0 unspecified atom stereocenters. The third-order valence-corrected chi connectivity index (χ3v) is 4.27. The lowest BCUT2D eigenvalue weighted by Crippen LogP contribution is -2.45. The van der Waals surface area contributed by atoms with Crippen LogP contribution in [0.1, 0.15) is 32.6 Å². The molecule has 1 aromatic heterocycles. The van der Waals surface area contributed by atoms with E-state index in [1.807, 2.05) is 24.3 Å². The molecule has 0 amide bonds. The van der Waals surface area contributed by atoms with Gasteiger partial charge in [0, 0.05) is 0 Å². The van der Waals surface area contributed by atoms with Gasteiger partial charge in [0.2, 0.25) is 5.95 Å². The molecule has 106 valence electrons. The Balaban J connectivity index is 1.83. The van der Waals surface area contributed by atoms with Gasteiger partial charge in [0.25, 0.3) is 0 Å². The molecule has 2 aromatic rings. The van der Waals surface area contributed by atoms with Gasteiger partial charge >= 0.3 is 0 Å². The molecule has 1 saturated carbocycles. The van der Waals surface area contributed by atoms with Crippen LogP contribution in [0.4, 0.5) is 5.95 Å². The Hall–Kier alpha value is -1.75. The van der Waals surface area contributed by atoms with Crippen molar-refractivity contribution in [3.8, 4) is 0 Å². The molecule has 0 spiro atoms. The highest BCUT2D eigenvalue weighted by molar-refractivity contribution is 5.74. The summed E-state index contributed by atoms with van der Waals surface area (Å²) in [5, 5.41) is 21.4. The first kappa shape index (κ1) is 13.2. The zero-order valence-electron chi connectivity index (χ0n) is 11.7. The van der Waals surface area contributed by atoms with Crippen LogP contribution in [0.5, 0.6) is 0 Å². The van der Waals surface area contributed by atoms with Crippen molar-refractivity contribution >= 4 is 17.0 Å². The van der Waals surface area contributed by atoms with Crippen LogP contribution >= 0.6 is 0 Å². The van der Waals surface area contributed by atoms with E-state index < -0.39 is 0 Å². The third-order valence-electron chi connectivity index (χ3n) is 4.27. The van der Waals surface area contributed by atoms with Gasteiger partial charge < -0.3 is 10.4 Å². The summed E-state index contributed by atoms with van der Waals surface area (Å²) in [5.74, 6) is 1.24. The smallest absolute Gasteiger partial charge is 0.243 e. The summed E-state index contributed by atoms with van der Waals surface area (Å²) in [7, 11) is 0. The lowest BCUT2D eigenvalue weighted by atomic mass is 9.77. The van der Waals surface area contributed by atoms with Gasteiger partial charge in [-0.1, -0.05) is 19.1 Å². The number of fused-ring (bicyclic) bond motifs is 1. The van der Waals surface area contributed by atoms with Crippen molar-refractivity contribution in [2.45, 2.75) is 38.1 Å². The highest BCUT2D eigenvalue weighted by atomic mass is 16.3. The molecule has 2 N–H and O–H groups in total. The highest BCUT2D eigenvalue weighted by Crippen LogP contribution is 2.33. The fourth-order valence-electron chi connectivity index (χ4n) is 2.81. The standard InChI is InChI=1S/C15H20N4O/c1-11-6-8-15(10-20,9-7-11)17-14-16-12-4-2-3-5-13(12)18-19-14/h2-5,11,20H,6-10H2,1H3,(H,16,17,19). The summed E-state index contributed by atoms with van der Waals surface area (Å²) in [6.45, 7) is 2.37. The minimum atomic E-state index is -0.295. The van der Waals surface area contributed by atoms with Crippen molar-refractivity contribution < 1.29 is 5.11 Å². The van der Waals surface area contributed by atoms with Gasteiger partial charge in [-0.3, -0.25) is 0 Å². The van der Waals surface area contributed by atoms with Crippen molar-refractivity contribution in [1.82, 2.24) is 15.2 Å². The molecule has 0 radical (unpaired) electrons. The van der Waals surface area contributed by atoms with E-state index in [0.29, 0.717) is 5.95 Å². The maximum Gasteiger partial charge on any atom is 0.243 e. The number of anilines is 1. The second-order valence-electron chi connectivity index (χ2n) is 5.87. The molecule has 1 aliphatic carbocycles. The van der Waals surface area contributed by atoms with Crippen LogP contribution in [-0.2, 0) is 0 Å². The van der Waals surface area contributed by atoms with E-state index in [9.17, 15) is 5.11 Å². The fraction of sp³-hybridized carbons (Fsp3) is 0.533. The van der Waals surface area contributed by atoms with Gasteiger partial charge in [0.15, 0.2) is 0 Å². The molecule has 1 heterocycles. The van der Waals surface area contributed by atoms with E-state index in [-0.39, 0.29) is 12.1 Å². The summed E-state index contributed by atoms with van der Waals surface area (Å²) >= 11 is 0. The first-order valence-corrected chi connectivity index (χ1v) is 7.19. The average molecular weight is 272 g/mol. The average Bonchev–Trinajstić information content (AvgIpc) is 2.50. The summed E-state index contributed by atoms with van der Waals surface area (Å²) < 4.78 is 0. The third kappa shape index (κ3) is 2.58. The topological polar surface area (TPSA) is 70.9 Å². The van der Waals surface area contributed by atoms with Gasteiger partial charge in [-0.15, -0.1) is 10.2 Å². The van der Waals surface area contributed by atoms with E-state index in [0.717, 1.165) is 42.6 Å². The van der Waals surface area contributed by atoms with Gasteiger partial charge in [0.05, 0.1) is 17.7 Å². The number of nitrogens with one attached hydrogen (secondary N) is 1. The van der Waals surface area contributed by atoms with Crippen LogP contribution in [0.25, 0.3) is 11.0 Å². The Morgan fingerprint density at radius 1 is 1.20 bits per heavy atom. The normalized spacial score (nSPS) is 26.6. The van der Waals surface area contributed by atoms with E-state index in [1.165, 1.54) is 0 Å². The number of nitrogens with zero attached hydrogens (tertiary/aromatic N) is 3. The monoisotopic (exact) mass is 272 g/mol. The molecule has 5 heteroatoms. The number of benzene rings is 1. The van der Waals surface area contributed by atoms with Gasteiger partial charge in [-0.25, -0.2) is 4.98 Å². The van der Waals surface area contributed by atoms with E-state index in [1.54, 1.807) is 0 Å². The number of rotatable bonds is 3. The Morgan fingerprint density at radius 2 is 1.90 bits per heavy atom. The first-order chi connectivity index (χ1) is 9.71.